The maximum Gasteiger partial charge on any atom is 0.223 e. The van der Waals surface area contributed by atoms with E-state index in [-0.39, 0.29) is 24.2 Å². The number of nitrogens with one attached hydrogen (secondary N) is 1. The van der Waals surface area contributed by atoms with Gasteiger partial charge in [-0.1, -0.05) is 30.7 Å². The standard InChI is InChI=1S/C21H28N4O.ClH/c1-25-13-18(12-24-25)19-8-3-2-5-16(19)11-23-21(26)17-9-14-6-4-7-15(10-17)20(14)22;/h2-3,5,8,12-15,17,20H,4,6-7,9-11,22H2,1H3,(H,23,26);1H. The zero-order valence-electron chi connectivity index (χ0n) is 15.8. The summed E-state index contributed by atoms with van der Waals surface area (Å²) in [5.41, 5.74) is 9.69. The lowest BCUT2D eigenvalue weighted by Crippen LogP contribution is -2.49. The molecular weight excluding hydrogens is 360 g/mol. The fourth-order valence-corrected chi connectivity index (χ4v) is 4.85. The van der Waals surface area contributed by atoms with Gasteiger partial charge in [-0.2, -0.15) is 5.10 Å². The Morgan fingerprint density at radius 3 is 2.63 bits per heavy atom. The van der Waals surface area contributed by atoms with Crippen LogP contribution in [-0.2, 0) is 18.4 Å². The first kappa shape index (κ1) is 19.9. The summed E-state index contributed by atoms with van der Waals surface area (Å²) in [4.78, 5) is 12.8. The van der Waals surface area contributed by atoms with Crippen LogP contribution in [0.15, 0.2) is 36.7 Å². The molecule has 2 aromatic rings. The number of hydrogen-bond donors (Lipinski definition) is 2. The normalized spacial score (nSPS) is 26.9. The van der Waals surface area contributed by atoms with E-state index in [1.54, 1.807) is 4.68 Å². The molecule has 4 rings (SSSR count). The van der Waals surface area contributed by atoms with Crippen LogP contribution in [0.25, 0.3) is 11.1 Å². The monoisotopic (exact) mass is 388 g/mol. The van der Waals surface area contributed by atoms with E-state index >= 15 is 0 Å². The SMILES string of the molecule is Cl.Cn1cc(-c2ccccc2CNC(=O)C2CC3CCCC(C2)C3N)cn1. The van der Waals surface area contributed by atoms with Gasteiger partial charge in [0.1, 0.15) is 0 Å². The molecular formula is C21H29ClN4O. The Labute approximate surface area is 167 Å². The van der Waals surface area contributed by atoms with Crippen LogP contribution >= 0.6 is 12.4 Å². The van der Waals surface area contributed by atoms with Gasteiger partial charge in [0.25, 0.3) is 0 Å². The third-order valence-electron chi connectivity index (χ3n) is 6.27. The van der Waals surface area contributed by atoms with Crippen LogP contribution < -0.4 is 11.1 Å². The van der Waals surface area contributed by atoms with Crippen LogP contribution in [0, 0.1) is 17.8 Å². The number of fused-ring (bicyclic) bond motifs is 2. The molecule has 2 atom stereocenters. The highest BCUT2D eigenvalue weighted by molar-refractivity contribution is 5.85. The summed E-state index contributed by atoms with van der Waals surface area (Å²) in [6.07, 6.45) is 9.42. The molecule has 2 saturated carbocycles. The first-order valence-electron chi connectivity index (χ1n) is 9.72. The van der Waals surface area contributed by atoms with E-state index in [0.29, 0.717) is 24.4 Å². The predicted molar refractivity (Wildman–Crippen MR) is 109 cm³/mol. The molecule has 2 bridgehead atoms. The van der Waals surface area contributed by atoms with Crippen LogP contribution in [0.4, 0.5) is 0 Å². The average molecular weight is 389 g/mol. The predicted octanol–water partition coefficient (Wildman–Crippen LogP) is 3.28. The van der Waals surface area contributed by atoms with E-state index in [2.05, 4.69) is 22.5 Å². The first-order valence-corrected chi connectivity index (χ1v) is 9.72. The van der Waals surface area contributed by atoms with Crippen molar-refractivity contribution in [1.29, 1.82) is 0 Å². The van der Waals surface area contributed by atoms with E-state index in [4.69, 9.17) is 5.73 Å². The number of carbonyl (C=O) groups excluding carboxylic acids is 1. The summed E-state index contributed by atoms with van der Waals surface area (Å²) in [6.45, 7) is 0.557. The number of amides is 1. The van der Waals surface area contributed by atoms with Crippen molar-refractivity contribution in [3.63, 3.8) is 0 Å². The molecule has 5 nitrogen and oxygen atoms in total. The van der Waals surface area contributed by atoms with Crippen molar-refractivity contribution in [2.24, 2.45) is 30.5 Å². The Bertz CT molecular complexity index is 776. The van der Waals surface area contributed by atoms with Gasteiger partial charge in [0.05, 0.1) is 6.20 Å². The van der Waals surface area contributed by atoms with Crippen LogP contribution in [0.1, 0.15) is 37.7 Å². The largest absolute Gasteiger partial charge is 0.352 e. The van der Waals surface area contributed by atoms with Gasteiger partial charge >= 0.3 is 0 Å². The summed E-state index contributed by atoms with van der Waals surface area (Å²) >= 11 is 0. The van der Waals surface area contributed by atoms with Gasteiger partial charge in [0.15, 0.2) is 0 Å². The summed E-state index contributed by atoms with van der Waals surface area (Å²) < 4.78 is 1.80. The number of benzene rings is 1. The first-order chi connectivity index (χ1) is 12.6. The number of hydrogen-bond acceptors (Lipinski definition) is 3. The van der Waals surface area contributed by atoms with Gasteiger partial charge in [-0.25, -0.2) is 0 Å². The maximum absolute atomic E-state index is 12.8. The van der Waals surface area contributed by atoms with Crippen LogP contribution in [0.3, 0.4) is 0 Å². The smallest absolute Gasteiger partial charge is 0.223 e. The molecule has 1 heterocycles. The van der Waals surface area contributed by atoms with Gasteiger partial charge in [-0.15, -0.1) is 12.4 Å². The third kappa shape index (κ3) is 4.19. The molecule has 6 heteroatoms. The number of aromatic nitrogens is 2. The van der Waals surface area contributed by atoms with Crippen molar-refractivity contribution in [2.45, 2.75) is 44.7 Å². The minimum absolute atomic E-state index is 0. The Balaban J connectivity index is 0.00000210. The van der Waals surface area contributed by atoms with Crippen molar-refractivity contribution >= 4 is 18.3 Å². The fraction of sp³-hybridized carbons (Fsp3) is 0.524. The van der Waals surface area contributed by atoms with E-state index in [1.807, 2.05) is 31.6 Å². The van der Waals surface area contributed by atoms with Crippen LogP contribution in [0.2, 0.25) is 0 Å². The molecule has 0 saturated heterocycles. The molecule has 146 valence electrons. The maximum atomic E-state index is 12.8. The lowest BCUT2D eigenvalue weighted by Gasteiger charge is -2.43. The molecule has 1 amide bonds. The Hall–Kier alpha value is -1.85. The fourth-order valence-electron chi connectivity index (χ4n) is 4.85. The second kappa shape index (κ2) is 8.44. The van der Waals surface area contributed by atoms with Gasteiger partial charge in [0, 0.05) is 37.3 Å². The zero-order valence-corrected chi connectivity index (χ0v) is 16.6. The van der Waals surface area contributed by atoms with E-state index in [0.717, 1.165) is 29.5 Å². The van der Waals surface area contributed by atoms with Crippen molar-refractivity contribution in [2.75, 3.05) is 0 Å². The highest BCUT2D eigenvalue weighted by Crippen LogP contribution is 2.41. The molecule has 2 unspecified atom stereocenters. The molecule has 3 N–H and O–H groups in total. The molecule has 1 aromatic heterocycles. The van der Waals surface area contributed by atoms with Gasteiger partial charge < -0.3 is 11.1 Å². The van der Waals surface area contributed by atoms with Crippen molar-refractivity contribution in [3.8, 4) is 11.1 Å². The molecule has 2 fully saturated rings. The van der Waals surface area contributed by atoms with Crippen molar-refractivity contribution < 1.29 is 4.79 Å². The second-order valence-electron chi connectivity index (χ2n) is 7.97. The Morgan fingerprint density at radius 1 is 1.26 bits per heavy atom. The van der Waals surface area contributed by atoms with Crippen LogP contribution in [-0.4, -0.2) is 21.7 Å². The Morgan fingerprint density at radius 2 is 1.96 bits per heavy atom. The minimum atomic E-state index is 0. The van der Waals surface area contributed by atoms with Gasteiger partial charge in [-0.3, -0.25) is 9.48 Å². The summed E-state index contributed by atoms with van der Waals surface area (Å²) in [5, 5.41) is 7.44. The lowest BCUT2D eigenvalue weighted by atomic mass is 9.65. The van der Waals surface area contributed by atoms with E-state index in [9.17, 15) is 4.79 Å². The highest BCUT2D eigenvalue weighted by atomic mass is 35.5. The minimum Gasteiger partial charge on any atom is -0.352 e. The number of aryl methyl sites for hydroxylation is 1. The van der Waals surface area contributed by atoms with E-state index in [1.165, 1.54) is 19.3 Å². The molecule has 2 aliphatic carbocycles. The number of nitrogens with zero attached hydrogens (tertiary/aromatic N) is 2. The number of halogens is 1. The summed E-state index contributed by atoms with van der Waals surface area (Å²) in [5.74, 6) is 1.37. The van der Waals surface area contributed by atoms with Crippen molar-refractivity contribution in [1.82, 2.24) is 15.1 Å². The number of carbonyl (C=O) groups is 1. The average Bonchev–Trinajstić information content (AvgIpc) is 3.06. The van der Waals surface area contributed by atoms with Crippen molar-refractivity contribution in [3.05, 3.63) is 42.2 Å². The Kier molecular flexibility index (Phi) is 6.22. The molecule has 27 heavy (non-hydrogen) atoms. The quantitative estimate of drug-likeness (QED) is 0.844. The summed E-state index contributed by atoms with van der Waals surface area (Å²) in [7, 11) is 1.92. The molecule has 2 aliphatic rings. The van der Waals surface area contributed by atoms with Gasteiger partial charge in [0.2, 0.25) is 5.91 Å². The third-order valence-corrected chi connectivity index (χ3v) is 6.27. The lowest BCUT2D eigenvalue weighted by molar-refractivity contribution is -0.128. The highest BCUT2D eigenvalue weighted by Gasteiger charge is 2.40. The van der Waals surface area contributed by atoms with Crippen LogP contribution in [0.5, 0.6) is 0 Å². The summed E-state index contributed by atoms with van der Waals surface area (Å²) in [6, 6.07) is 8.51. The molecule has 1 aromatic carbocycles. The topological polar surface area (TPSA) is 72.9 Å². The zero-order chi connectivity index (χ0) is 18.1. The second-order valence-corrected chi connectivity index (χ2v) is 7.97. The molecule has 0 spiro atoms. The number of nitrogens with two attached hydrogens (primary N) is 1. The van der Waals surface area contributed by atoms with Gasteiger partial charge in [-0.05, 0) is 48.6 Å². The van der Waals surface area contributed by atoms with E-state index < -0.39 is 0 Å². The molecule has 0 aliphatic heterocycles. The number of rotatable bonds is 4. The molecule has 0 radical (unpaired) electrons.